The minimum Gasteiger partial charge on any atom is -0.389 e. The highest BCUT2D eigenvalue weighted by Gasteiger charge is 2.91. The summed E-state index contributed by atoms with van der Waals surface area (Å²) in [6.07, 6.45) is 1.28. The molecule has 0 amide bonds. The second-order valence-electron chi connectivity index (χ2n) is 6.76. The molecule has 0 aromatic heterocycles. The van der Waals surface area contributed by atoms with Gasteiger partial charge in [0.05, 0.1) is 11.2 Å². The molecule has 0 radical (unpaired) electrons. The Morgan fingerprint density at radius 1 is 1.13 bits per heavy atom. The number of hydrogen-bond acceptors (Lipinski definition) is 2. The lowest BCUT2D eigenvalue weighted by atomic mass is 9.69. The maximum Gasteiger partial charge on any atom is 0.0867 e. The molecular formula is C12H15BrO2. The Bertz CT molecular complexity index is 393. The van der Waals surface area contributed by atoms with Gasteiger partial charge < -0.3 is 10.2 Å². The van der Waals surface area contributed by atoms with Gasteiger partial charge in [-0.2, -0.15) is 0 Å². The summed E-state index contributed by atoms with van der Waals surface area (Å²) in [6.45, 7) is 1.98. The predicted octanol–water partition coefficient (Wildman–Crippen LogP) is 1.00. The summed E-state index contributed by atoms with van der Waals surface area (Å²) in [6, 6.07) is 0. The molecule has 6 saturated carbocycles. The van der Waals surface area contributed by atoms with Gasteiger partial charge in [-0.05, 0) is 48.9 Å². The van der Waals surface area contributed by atoms with Gasteiger partial charge in [-0.15, -0.1) is 0 Å². The summed E-state index contributed by atoms with van der Waals surface area (Å²) >= 11 is 3.73. The van der Waals surface area contributed by atoms with Crippen LogP contribution in [0.4, 0.5) is 0 Å². The van der Waals surface area contributed by atoms with Crippen LogP contribution in [0.15, 0.2) is 0 Å². The average molecular weight is 271 g/mol. The van der Waals surface area contributed by atoms with E-state index in [1.54, 1.807) is 0 Å². The first-order valence-corrected chi connectivity index (χ1v) is 7.01. The fourth-order valence-electron chi connectivity index (χ4n) is 7.06. The molecule has 0 heterocycles. The predicted molar refractivity (Wildman–Crippen MR) is 57.3 cm³/mol. The number of halogens is 1. The van der Waals surface area contributed by atoms with Crippen molar-refractivity contribution in [2.75, 3.05) is 0 Å². The third kappa shape index (κ3) is 0.502. The Kier molecular flexibility index (Phi) is 1.05. The van der Waals surface area contributed by atoms with Gasteiger partial charge in [0.1, 0.15) is 0 Å². The van der Waals surface area contributed by atoms with Crippen LogP contribution in [0.3, 0.4) is 0 Å². The summed E-state index contributed by atoms with van der Waals surface area (Å²) in [5, 5.41) is 21.6. The Morgan fingerprint density at radius 2 is 1.80 bits per heavy atom. The lowest BCUT2D eigenvalue weighted by Crippen LogP contribution is -2.47. The van der Waals surface area contributed by atoms with Crippen LogP contribution < -0.4 is 0 Å². The molecule has 3 heteroatoms. The van der Waals surface area contributed by atoms with Crippen molar-refractivity contribution >= 4 is 15.9 Å². The average Bonchev–Trinajstić information content (AvgIpc) is 2.81. The van der Waals surface area contributed by atoms with E-state index in [0.29, 0.717) is 29.6 Å². The first-order chi connectivity index (χ1) is 7.00. The van der Waals surface area contributed by atoms with Gasteiger partial charge in [-0.3, -0.25) is 0 Å². The van der Waals surface area contributed by atoms with E-state index in [9.17, 15) is 10.2 Å². The minimum atomic E-state index is -0.583. The van der Waals surface area contributed by atoms with Gasteiger partial charge >= 0.3 is 0 Å². The summed E-state index contributed by atoms with van der Waals surface area (Å²) in [7, 11) is 0. The van der Waals surface area contributed by atoms with Gasteiger partial charge in [-0.25, -0.2) is 0 Å². The van der Waals surface area contributed by atoms with Gasteiger partial charge in [-0.1, -0.05) is 15.9 Å². The highest BCUT2D eigenvalue weighted by atomic mass is 79.9. The van der Waals surface area contributed by atoms with E-state index >= 15 is 0 Å². The van der Waals surface area contributed by atoms with E-state index in [0.717, 1.165) is 5.92 Å². The zero-order valence-corrected chi connectivity index (χ0v) is 10.2. The van der Waals surface area contributed by atoms with E-state index in [1.807, 2.05) is 6.92 Å². The minimum absolute atomic E-state index is 0.165. The topological polar surface area (TPSA) is 40.5 Å². The Hall–Kier alpha value is 0.400. The number of hydrogen-bond donors (Lipinski definition) is 2. The van der Waals surface area contributed by atoms with Crippen molar-refractivity contribution in [1.82, 2.24) is 0 Å². The Labute approximate surface area is 97.2 Å². The molecule has 0 aromatic carbocycles. The summed E-state index contributed by atoms with van der Waals surface area (Å²) in [5.41, 5.74) is -1.15. The van der Waals surface area contributed by atoms with E-state index in [1.165, 1.54) is 6.42 Å². The molecule has 2 N–H and O–H groups in total. The molecule has 0 aliphatic heterocycles. The molecule has 6 aliphatic carbocycles. The third-order valence-corrected chi connectivity index (χ3v) is 8.13. The normalized spacial score (nSPS) is 85.6. The van der Waals surface area contributed by atoms with Gasteiger partial charge in [0.15, 0.2) is 0 Å². The monoisotopic (exact) mass is 270 g/mol. The molecule has 10 atom stereocenters. The first-order valence-electron chi connectivity index (χ1n) is 6.09. The second kappa shape index (κ2) is 1.85. The summed E-state index contributed by atoms with van der Waals surface area (Å²) in [5.74, 6) is 3.70. The van der Waals surface area contributed by atoms with Crippen LogP contribution in [-0.2, 0) is 0 Å². The lowest BCUT2D eigenvalue weighted by molar-refractivity contribution is -0.0700. The molecule has 6 bridgehead atoms. The number of aliphatic hydroxyl groups is 2. The van der Waals surface area contributed by atoms with Gasteiger partial charge in [0.2, 0.25) is 0 Å². The maximum atomic E-state index is 10.9. The van der Waals surface area contributed by atoms with Crippen molar-refractivity contribution in [2.24, 2.45) is 41.4 Å². The molecule has 6 fully saturated rings. The van der Waals surface area contributed by atoms with E-state index in [-0.39, 0.29) is 10.7 Å². The largest absolute Gasteiger partial charge is 0.389 e. The Morgan fingerprint density at radius 3 is 2.47 bits per heavy atom. The molecule has 2 nitrogen and oxygen atoms in total. The first kappa shape index (κ1) is 8.48. The Balaban J connectivity index is 1.88. The van der Waals surface area contributed by atoms with Crippen LogP contribution >= 0.6 is 15.9 Å². The zero-order chi connectivity index (χ0) is 10.3. The molecule has 15 heavy (non-hydrogen) atoms. The molecule has 0 saturated heterocycles. The van der Waals surface area contributed by atoms with Crippen LogP contribution in [0.2, 0.25) is 0 Å². The third-order valence-electron chi connectivity index (χ3n) is 6.79. The number of alkyl halides is 1. The standard InChI is InChI=1S/C12H15BrO2/c1-11(14)7-3-2-4-6-5(3)9(11)12(15,8(4)7)10(6)13/h3-10,14-15H,2H2,1H3/t3-,4+,5+,6-,7+,8+,9-,10+,11+,12+/m1/s1. The van der Waals surface area contributed by atoms with E-state index < -0.39 is 11.2 Å². The van der Waals surface area contributed by atoms with Crippen LogP contribution in [-0.4, -0.2) is 26.2 Å². The van der Waals surface area contributed by atoms with Crippen molar-refractivity contribution in [3.8, 4) is 0 Å². The summed E-state index contributed by atoms with van der Waals surface area (Å²) in [4.78, 5) is 0.263. The van der Waals surface area contributed by atoms with Crippen molar-refractivity contribution in [1.29, 1.82) is 0 Å². The van der Waals surface area contributed by atoms with E-state index in [2.05, 4.69) is 15.9 Å². The van der Waals surface area contributed by atoms with Crippen LogP contribution in [0.5, 0.6) is 0 Å². The molecule has 0 spiro atoms. The number of rotatable bonds is 0. The fraction of sp³-hybridized carbons (Fsp3) is 1.00. The van der Waals surface area contributed by atoms with Crippen molar-refractivity contribution in [3.05, 3.63) is 0 Å². The SMILES string of the molecule is C[C@]1(O)[C@H]2[C@@H]3C[C@H]4[C@@H]5[C@H]3[C@H]1[C@@](O)([C@@H]42)[C@H]5Br. The molecule has 6 rings (SSSR count). The van der Waals surface area contributed by atoms with Gasteiger partial charge in [0.25, 0.3) is 0 Å². The van der Waals surface area contributed by atoms with Crippen LogP contribution in [0.1, 0.15) is 13.3 Å². The van der Waals surface area contributed by atoms with Crippen LogP contribution in [0.25, 0.3) is 0 Å². The van der Waals surface area contributed by atoms with Crippen molar-refractivity contribution < 1.29 is 10.2 Å². The van der Waals surface area contributed by atoms with Gasteiger partial charge in [0, 0.05) is 10.7 Å². The zero-order valence-electron chi connectivity index (χ0n) is 8.60. The van der Waals surface area contributed by atoms with E-state index in [4.69, 9.17) is 0 Å². The fourth-order valence-corrected chi connectivity index (χ4v) is 8.39. The molecule has 0 unspecified atom stereocenters. The molecule has 82 valence electrons. The van der Waals surface area contributed by atoms with Crippen molar-refractivity contribution in [3.63, 3.8) is 0 Å². The maximum absolute atomic E-state index is 10.9. The highest BCUT2D eigenvalue weighted by Crippen LogP contribution is 2.87. The quantitative estimate of drug-likeness (QED) is 0.645. The molecule has 6 aliphatic rings. The smallest absolute Gasteiger partial charge is 0.0867 e. The van der Waals surface area contributed by atoms with Crippen molar-refractivity contribution in [2.45, 2.75) is 29.4 Å². The summed E-state index contributed by atoms with van der Waals surface area (Å²) < 4.78 is 0. The van der Waals surface area contributed by atoms with Crippen LogP contribution in [0, 0.1) is 41.4 Å². The lowest BCUT2D eigenvalue weighted by Gasteiger charge is -2.38. The highest BCUT2D eigenvalue weighted by molar-refractivity contribution is 9.09. The molecule has 0 aromatic rings. The molecular weight excluding hydrogens is 256 g/mol. The second-order valence-corrected chi connectivity index (χ2v) is 7.75.